The van der Waals surface area contributed by atoms with Gasteiger partial charge in [0.25, 0.3) is 0 Å². The summed E-state index contributed by atoms with van der Waals surface area (Å²) < 4.78 is 11.3. The van der Waals surface area contributed by atoms with Crippen LogP contribution in [0.15, 0.2) is 85.1 Å². The standard InChI is InChI=1S/C61H107NO8/c1-3-5-7-9-11-13-15-16-17-18-19-20-21-22-23-24-25-26-27-28-29-30-31-32-33-34-35-36-37-38-39-40-41-43-45-47-49-51-57(65)62-54(53-69-61-60(68)59(67)58(66)56(52-63)70-61)55(64)50-48-46-44-42-14-12-10-8-6-4-2/h5,7,11,13,16-17,19-20,22-23,25-26,28-29,54-56,58-61,63-64,66-68H,3-4,6,8-10,12,14-15,18,21,24,27,30-53H2,1-2H3,(H,62,65)/b7-5-,13-11-,17-16-,20-19-,23-22-,26-25-,29-28-. The first-order valence-corrected chi connectivity index (χ1v) is 28.8. The Hall–Kier alpha value is -2.63. The fraction of sp³-hybridized carbons (Fsp3) is 0.754. The van der Waals surface area contributed by atoms with Gasteiger partial charge in [0.05, 0.1) is 25.4 Å². The molecule has 7 atom stereocenters. The highest BCUT2D eigenvalue weighted by molar-refractivity contribution is 5.76. The molecule has 1 amide bonds. The van der Waals surface area contributed by atoms with Crippen molar-refractivity contribution >= 4 is 5.91 Å². The maximum absolute atomic E-state index is 13.0. The maximum Gasteiger partial charge on any atom is 0.220 e. The molecule has 70 heavy (non-hydrogen) atoms. The smallest absolute Gasteiger partial charge is 0.220 e. The fourth-order valence-electron chi connectivity index (χ4n) is 8.73. The quantitative estimate of drug-likeness (QED) is 0.0261. The molecule has 1 fully saturated rings. The predicted octanol–water partition coefficient (Wildman–Crippen LogP) is 14.2. The van der Waals surface area contributed by atoms with Gasteiger partial charge >= 0.3 is 0 Å². The number of hydrogen-bond donors (Lipinski definition) is 6. The van der Waals surface area contributed by atoms with Gasteiger partial charge in [-0.1, -0.05) is 247 Å². The molecule has 0 bridgehead atoms. The van der Waals surface area contributed by atoms with Crippen LogP contribution in [0.4, 0.5) is 0 Å². The van der Waals surface area contributed by atoms with Crippen LogP contribution in [0.25, 0.3) is 0 Å². The van der Waals surface area contributed by atoms with E-state index in [0.29, 0.717) is 12.8 Å². The Morgan fingerprint density at radius 1 is 0.500 bits per heavy atom. The zero-order valence-corrected chi connectivity index (χ0v) is 44.7. The lowest BCUT2D eigenvalue weighted by Gasteiger charge is -2.40. The molecule has 0 saturated carbocycles. The van der Waals surface area contributed by atoms with E-state index in [1.165, 1.54) is 128 Å². The summed E-state index contributed by atoms with van der Waals surface area (Å²) in [6.45, 7) is 3.70. The first kappa shape index (κ1) is 65.4. The van der Waals surface area contributed by atoms with Gasteiger partial charge in [-0.15, -0.1) is 0 Å². The van der Waals surface area contributed by atoms with Gasteiger partial charge in [-0.05, 0) is 70.6 Å². The summed E-state index contributed by atoms with van der Waals surface area (Å²) in [4.78, 5) is 13.0. The van der Waals surface area contributed by atoms with Gasteiger partial charge in [0.1, 0.15) is 24.4 Å². The predicted molar refractivity (Wildman–Crippen MR) is 295 cm³/mol. The average Bonchev–Trinajstić information content (AvgIpc) is 3.36. The van der Waals surface area contributed by atoms with Crippen LogP contribution in [-0.4, -0.2) is 87.5 Å². The number of aliphatic hydroxyl groups is 5. The summed E-state index contributed by atoms with van der Waals surface area (Å²) in [5.41, 5.74) is 0. The third-order valence-electron chi connectivity index (χ3n) is 13.3. The zero-order chi connectivity index (χ0) is 50.8. The average molecular weight is 983 g/mol. The van der Waals surface area contributed by atoms with Gasteiger partial charge in [-0.2, -0.15) is 0 Å². The van der Waals surface area contributed by atoms with Gasteiger partial charge in [-0.3, -0.25) is 4.79 Å². The summed E-state index contributed by atoms with van der Waals surface area (Å²) in [5.74, 6) is -0.148. The van der Waals surface area contributed by atoms with Crippen molar-refractivity contribution in [2.24, 2.45) is 0 Å². The van der Waals surface area contributed by atoms with E-state index < -0.39 is 49.5 Å². The number of aliphatic hydroxyl groups excluding tert-OH is 5. The Labute approximate surface area is 429 Å². The SMILES string of the molecule is CC/C=C\C/C=C\C/C=C\C/C=C\C/C=C\C/C=C\C/C=C\CCCCCCCCCCCCCCCCCC(=O)NC(COC1OC(CO)C(O)C(O)C1O)C(O)CCCCCCCCCCCC. The number of amides is 1. The highest BCUT2D eigenvalue weighted by atomic mass is 16.7. The molecule has 1 aliphatic rings. The Balaban J connectivity index is 2.07. The van der Waals surface area contributed by atoms with Gasteiger partial charge in [-0.25, -0.2) is 0 Å². The monoisotopic (exact) mass is 982 g/mol. The summed E-state index contributed by atoms with van der Waals surface area (Å²) in [7, 11) is 0. The number of hydrogen-bond acceptors (Lipinski definition) is 8. The molecule has 9 nitrogen and oxygen atoms in total. The summed E-state index contributed by atoms with van der Waals surface area (Å²) in [6, 6.07) is -0.720. The molecule has 0 aromatic rings. The molecule has 404 valence electrons. The molecule has 0 aromatic carbocycles. The van der Waals surface area contributed by atoms with Gasteiger partial charge < -0.3 is 40.3 Å². The van der Waals surface area contributed by atoms with Crippen LogP contribution >= 0.6 is 0 Å². The second kappa shape index (κ2) is 49.9. The molecule has 1 heterocycles. The number of ether oxygens (including phenoxy) is 2. The number of carbonyl (C=O) groups is 1. The second-order valence-corrected chi connectivity index (χ2v) is 19.7. The Morgan fingerprint density at radius 3 is 1.31 bits per heavy atom. The van der Waals surface area contributed by atoms with Crippen LogP contribution in [-0.2, 0) is 14.3 Å². The van der Waals surface area contributed by atoms with E-state index in [1.807, 2.05) is 0 Å². The molecule has 7 unspecified atom stereocenters. The Kier molecular flexibility index (Phi) is 46.6. The minimum absolute atomic E-state index is 0.140. The maximum atomic E-state index is 13.0. The molecular weight excluding hydrogens is 875 g/mol. The van der Waals surface area contributed by atoms with Crippen molar-refractivity contribution in [3.05, 3.63) is 85.1 Å². The van der Waals surface area contributed by atoms with Crippen molar-refractivity contribution in [2.45, 2.75) is 281 Å². The van der Waals surface area contributed by atoms with E-state index in [-0.39, 0.29) is 12.5 Å². The first-order valence-electron chi connectivity index (χ1n) is 28.8. The summed E-state index contributed by atoms with van der Waals surface area (Å²) >= 11 is 0. The molecule has 0 radical (unpaired) electrons. The topological polar surface area (TPSA) is 149 Å². The van der Waals surface area contributed by atoms with Crippen LogP contribution in [0, 0.1) is 0 Å². The highest BCUT2D eigenvalue weighted by Gasteiger charge is 2.44. The van der Waals surface area contributed by atoms with E-state index in [4.69, 9.17) is 9.47 Å². The van der Waals surface area contributed by atoms with Crippen molar-refractivity contribution in [1.82, 2.24) is 5.32 Å². The number of allylic oxidation sites excluding steroid dienone is 14. The third kappa shape index (κ3) is 39.0. The third-order valence-corrected chi connectivity index (χ3v) is 13.3. The van der Waals surface area contributed by atoms with Crippen LogP contribution in [0.1, 0.15) is 239 Å². The van der Waals surface area contributed by atoms with Crippen LogP contribution in [0.5, 0.6) is 0 Å². The second-order valence-electron chi connectivity index (χ2n) is 19.7. The number of carbonyl (C=O) groups excluding carboxylic acids is 1. The Morgan fingerprint density at radius 2 is 0.886 bits per heavy atom. The molecule has 1 aliphatic heterocycles. The lowest BCUT2D eigenvalue weighted by Crippen LogP contribution is -2.60. The van der Waals surface area contributed by atoms with Crippen molar-refractivity contribution < 1.29 is 39.8 Å². The summed E-state index contributed by atoms with van der Waals surface area (Å²) in [5, 5.41) is 54.4. The molecule has 1 rings (SSSR count). The van der Waals surface area contributed by atoms with Crippen LogP contribution in [0.2, 0.25) is 0 Å². The molecule has 6 N–H and O–H groups in total. The van der Waals surface area contributed by atoms with E-state index >= 15 is 0 Å². The minimum Gasteiger partial charge on any atom is -0.394 e. The number of rotatable bonds is 48. The van der Waals surface area contributed by atoms with Crippen LogP contribution < -0.4 is 5.32 Å². The molecule has 0 spiro atoms. The number of unbranched alkanes of at least 4 members (excludes halogenated alkanes) is 24. The van der Waals surface area contributed by atoms with E-state index in [1.54, 1.807) is 0 Å². The zero-order valence-electron chi connectivity index (χ0n) is 44.7. The minimum atomic E-state index is -1.55. The molecule has 0 aliphatic carbocycles. The highest BCUT2D eigenvalue weighted by Crippen LogP contribution is 2.23. The largest absolute Gasteiger partial charge is 0.394 e. The first-order chi connectivity index (χ1) is 34.3. The lowest BCUT2D eigenvalue weighted by molar-refractivity contribution is -0.302. The van der Waals surface area contributed by atoms with Crippen molar-refractivity contribution in [2.75, 3.05) is 13.2 Å². The fourth-order valence-corrected chi connectivity index (χ4v) is 8.73. The van der Waals surface area contributed by atoms with Crippen molar-refractivity contribution in [3.8, 4) is 0 Å². The van der Waals surface area contributed by atoms with E-state index in [9.17, 15) is 30.3 Å². The summed E-state index contributed by atoms with van der Waals surface area (Å²) in [6.07, 6.45) is 63.5. The molecule has 0 aromatic heterocycles. The van der Waals surface area contributed by atoms with Crippen molar-refractivity contribution in [3.63, 3.8) is 0 Å². The normalized spacial score (nSPS) is 20.0. The molecule has 9 heteroatoms. The number of nitrogens with one attached hydrogen (secondary N) is 1. The van der Waals surface area contributed by atoms with E-state index in [0.717, 1.165) is 83.5 Å². The van der Waals surface area contributed by atoms with Crippen LogP contribution in [0.3, 0.4) is 0 Å². The van der Waals surface area contributed by atoms with Gasteiger partial charge in [0, 0.05) is 6.42 Å². The van der Waals surface area contributed by atoms with Crippen molar-refractivity contribution in [1.29, 1.82) is 0 Å². The molecule has 1 saturated heterocycles. The van der Waals surface area contributed by atoms with Gasteiger partial charge in [0.2, 0.25) is 5.91 Å². The molecular formula is C61H107NO8. The lowest BCUT2D eigenvalue weighted by atomic mass is 9.99. The van der Waals surface area contributed by atoms with E-state index in [2.05, 4.69) is 104 Å². The Bertz CT molecular complexity index is 1370. The van der Waals surface area contributed by atoms with Gasteiger partial charge in [0.15, 0.2) is 6.29 Å².